The lowest BCUT2D eigenvalue weighted by molar-refractivity contribution is 0.466. The highest BCUT2D eigenvalue weighted by Gasteiger charge is 2.27. The number of nitrogens with zero attached hydrogens (tertiary/aromatic N) is 6. The summed E-state index contributed by atoms with van der Waals surface area (Å²) in [5.41, 5.74) is 0.949. The van der Waals surface area contributed by atoms with Crippen molar-refractivity contribution in [2.24, 2.45) is 0 Å². The molecule has 146 valence electrons. The maximum absolute atomic E-state index is 12.3. The molecule has 1 fully saturated rings. The number of aromatic nitrogens is 5. The molecule has 1 aliphatic rings. The van der Waals surface area contributed by atoms with E-state index in [0.717, 1.165) is 49.0 Å². The lowest BCUT2D eigenvalue weighted by atomic mass is 9.95. The molecule has 1 aliphatic heterocycles. The van der Waals surface area contributed by atoms with Crippen LogP contribution in [0.2, 0.25) is 0 Å². The normalized spacial score (nSPS) is 15.0. The third-order valence-electron chi connectivity index (χ3n) is 5.21. The molecule has 0 aliphatic carbocycles. The molecule has 0 saturated carbocycles. The van der Waals surface area contributed by atoms with Gasteiger partial charge >= 0.3 is 5.69 Å². The molecule has 2 aromatic heterocycles. The number of piperidine rings is 1. The zero-order chi connectivity index (χ0) is 19.5. The molecule has 3 aromatic rings. The summed E-state index contributed by atoms with van der Waals surface area (Å²) in [6.45, 7) is 2.26. The number of hydrogen-bond acceptors (Lipinski definition) is 6. The van der Waals surface area contributed by atoms with Crippen molar-refractivity contribution in [3.8, 4) is 0 Å². The molecule has 1 N–H and O–H groups in total. The van der Waals surface area contributed by atoms with E-state index in [4.69, 9.17) is 0 Å². The van der Waals surface area contributed by atoms with E-state index in [0.29, 0.717) is 6.54 Å². The van der Waals surface area contributed by atoms with Crippen LogP contribution in [0.5, 0.6) is 0 Å². The van der Waals surface area contributed by atoms with Crippen LogP contribution in [0.1, 0.15) is 30.1 Å². The van der Waals surface area contributed by atoms with Gasteiger partial charge in [0.25, 0.3) is 0 Å². The standard InChI is InChI=1S/C20H25N7O/c1-25(2)18-19(22-11-10-21-18)26-12-8-16(9-13-26)17-23-24-20(28)27(17)14-15-6-4-3-5-7-15/h3-7,10-11,16H,8-9,12-14H2,1-2H3,(H,24,28). The van der Waals surface area contributed by atoms with Gasteiger partial charge in [-0.15, -0.1) is 0 Å². The van der Waals surface area contributed by atoms with Crippen molar-refractivity contribution in [1.29, 1.82) is 0 Å². The summed E-state index contributed by atoms with van der Waals surface area (Å²) in [7, 11) is 3.96. The van der Waals surface area contributed by atoms with Crippen molar-refractivity contribution >= 4 is 11.6 Å². The van der Waals surface area contributed by atoms with Gasteiger partial charge in [-0.05, 0) is 18.4 Å². The van der Waals surface area contributed by atoms with Gasteiger partial charge in [-0.25, -0.2) is 19.9 Å². The van der Waals surface area contributed by atoms with Crippen LogP contribution < -0.4 is 15.5 Å². The van der Waals surface area contributed by atoms with E-state index in [1.54, 1.807) is 17.0 Å². The molecule has 0 radical (unpaired) electrons. The molecular formula is C20H25N7O. The number of anilines is 2. The summed E-state index contributed by atoms with van der Waals surface area (Å²) >= 11 is 0. The average molecular weight is 379 g/mol. The predicted molar refractivity (Wildman–Crippen MR) is 109 cm³/mol. The van der Waals surface area contributed by atoms with Crippen LogP contribution in [0.4, 0.5) is 11.6 Å². The fraction of sp³-hybridized carbons (Fsp3) is 0.400. The van der Waals surface area contributed by atoms with E-state index >= 15 is 0 Å². The number of benzene rings is 1. The van der Waals surface area contributed by atoms with Crippen molar-refractivity contribution < 1.29 is 0 Å². The van der Waals surface area contributed by atoms with Gasteiger partial charge in [0, 0.05) is 45.5 Å². The Morgan fingerprint density at radius 3 is 2.54 bits per heavy atom. The largest absolute Gasteiger partial charge is 0.360 e. The summed E-state index contributed by atoms with van der Waals surface area (Å²) in [5.74, 6) is 2.88. The molecule has 0 bridgehead atoms. The molecule has 8 heteroatoms. The van der Waals surface area contributed by atoms with E-state index < -0.39 is 0 Å². The summed E-state index contributed by atoms with van der Waals surface area (Å²) in [4.78, 5) is 25.6. The summed E-state index contributed by atoms with van der Waals surface area (Å²) in [6, 6.07) is 10.0. The van der Waals surface area contributed by atoms with Crippen molar-refractivity contribution in [2.75, 3.05) is 37.0 Å². The molecule has 4 rings (SSSR count). The molecule has 1 aromatic carbocycles. The first kappa shape index (κ1) is 18.2. The number of hydrogen-bond donors (Lipinski definition) is 1. The zero-order valence-electron chi connectivity index (χ0n) is 16.2. The van der Waals surface area contributed by atoms with E-state index in [-0.39, 0.29) is 11.6 Å². The number of aromatic amines is 1. The minimum atomic E-state index is -0.148. The van der Waals surface area contributed by atoms with Crippen molar-refractivity contribution in [1.82, 2.24) is 24.7 Å². The SMILES string of the molecule is CN(C)c1nccnc1N1CCC(c2n[nH]c(=O)n2Cc2ccccc2)CC1. The number of nitrogens with one attached hydrogen (secondary N) is 1. The first-order chi connectivity index (χ1) is 13.6. The second-order valence-electron chi connectivity index (χ2n) is 7.32. The summed E-state index contributed by atoms with van der Waals surface area (Å²) < 4.78 is 1.77. The van der Waals surface area contributed by atoms with Gasteiger partial charge in [0.05, 0.1) is 6.54 Å². The summed E-state index contributed by atoms with van der Waals surface area (Å²) in [5, 5.41) is 6.99. The molecule has 0 unspecified atom stereocenters. The Labute approximate surface area is 163 Å². The maximum atomic E-state index is 12.3. The predicted octanol–water partition coefficient (Wildman–Crippen LogP) is 1.86. The molecule has 0 amide bonds. The Morgan fingerprint density at radius 1 is 1.11 bits per heavy atom. The molecule has 0 atom stereocenters. The van der Waals surface area contributed by atoms with Gasteiger partial charge in [0.15, 0.2) is 11.6 Å². The lowest BCUT2D eigenvalue weighted by Crippen LogP contribution is -2.36. The fourth-order valence-electron chi connectivity index (χ4n) is 3.77. The minimum absolute atomic E-state index is 0.148. The highest BCUT2D eigenvalue weighted by molar-refractivity contribution is 5.61. The van der Waals surface area contributed by atoms with Crippen LogP contribution in [-0.2, 0) is 6.54 Å². The first-order valence-electron chi connectivity index (χ1n) is 9.56. The van der Waals surface area contributed by atoms with Crippen molar-refractivity contribution in [3.05, 3.63) is 64.6 Å². The van der Waals surface area contributed by atoms with E-state index in [1.807, 2.05) is 49.3 Å². The van der Waals surface area contributed by atoms with Crippen LogP contribution in [0.25, 0.3) is 0 Å². The molecular weight excluding hydrogens is 354 g/mol. The molecule has 1 saturated heterocycles. The van der Waals surface area contributed by atoms with Crippen LogP contribution in [0.3, 0.4) is 0 Å². The van der Waals surface area contributed by atoms with E-state index in [9.17, 15) is 4.79 Å². The second-order valence-corrected chi connectivity index (χ2v) is 7.32. The first-order valence-corrected chi connectivity index (χ1v) is 9.56. The zero-order valence-corrected chi connectivity index (χ0v) is 16.2. The highest BCUT2D eigenvalue weighted by Crippen LogP contribution is 2.31. The van der Waals surface area contributed by atoms with Crippen LogP contribution in [0.15, 0.2) is 47.5 Å². The molecule has 8 nitrogen and oxygen atoms in total. The monoisotopic (exact) mass is 379 g/mol. The fourth-order valence-corrected chi connectivity index (χ4v) is 3.77. The molecule has 28 heavy (non-hydrogen) atoms. The van der Waals surface area contributed by atoms with Crippen LogP contribution in [-0.4, -0.2) is 51.9 Å². The Balaban J connectivity index is 1.50. The van der Waals surface area contributed by atoms with Gasteiger partial charge in [-0.2, -0.15) is 5.10 Å². The van der Waals surface area contributed by atoms with Crippen LogP contribution in [0, 0.1) is 0 Å². The quantitative estimate of drug-likeness (QED) is 0.729. The Kier molecular flexibility index (Phi) is 5.10. The van der Waals surface area contributed by atoms with Gasteiger partial charge in [-0.3, -0.25) is 4.57 Å². The maximum Gasteiger partial charge on any atom is 0.343 e. The third-order valence-corrected chi connectivity index (χ3v) is 5.21. The van der Waals surface area contributed by atoms with Gasteiger partial charge in [0.2, 0.25) is 0 Å². The van der Waals surface area contributed by atoms with E-state index in [1.165, 1.54) is 0 Å². The van der Waals surface area contributed by atoms with Crippen LogP contribution >= 0.6 is 0 Å². The van der Waals surface area contributed by atoms with Gasteiger partial charge in [0.1, 0.15) is 5.82 Å². The smallest absolute Gasteiger partial charge is 0.343 e. The number of rotatable bonds is 5. The van der Waals surface area contributed by atoms with Crippen molar-refractivity contribution in [2.45, 2.75) is 25.3 Å². The lowest BCUT2D eigenvalue weighted by Gasteiger charge is -2.33. The van der Waals surface area contributed by atoms with Gasteiger partial charge < -0.3 is 9.80 Å². The number of H-pyrrole nitrogens is 1. The van der Waals surface area contributed by atoms with Crippen molar-refractivity contribution in [3.63, 3.8) is 0 Å². The Bertz CT molecular complexity index is 971. The second kappa shape index (κ2) is 7.84. The average Bonchev–Trinajstić information content (AvgIpc) is 3.09. The highest BCUT2D eigenvalue weighted by atomic mass is 16.1. The Morgan fingerprint density at radius 2 is 1.82 bits per heavy atom. The van der Waals surface area contributed by atoms with Gasteiger partial charge in [-0.1, -0.05) is 30.3 Å². The molecule has 0 spiro atoms. The molecule has 3 heterocycles. The third kappa shape index (κ3) is 3.62. The summed E-state index contributed by atoms with van der Waals surface area (Å²) in [6.07, 6.45) is 5.29. The van der Waals surface area contributed by atoms with E-state index in [2.05, 4.69) is 25.1 Å². The Hall–Kier alpha value is -3.16. The minimum Gasteiger partial charge on any atom is -0.360 e. The topological polar surface area (TPSA) is 82.9 Å².